The van der Waals surface area contributed by atoms with Crippen LogP contribution in [0.5, 0.6) is 5.75 Å². The summed E-state index contributed by atoms with van der Waals surface area (Å²) in [5, 5.41) is 29.1. The molecule has 0 bridgehead atoms. The number of anilines is 1. The monoisotopic (exact) mass is 353 g/mol. The van der Waals surface area contributed by atoms with Crippen molar-refractivity contribution in [3.8, 4) is 5.75 Å². The molecule has 1 aliphatic rings. The molecule has 26 heavy (non-hydrogen) atoms. The Hall–Kier alpha value is -3.61. The third-order valence-electron chi connectivity index (χ3n) is 4.19. The van der Waals surface area contributed by atoms with Crippen LogP contribution >= 0.6 is 0 Å². The van der Waals surface area contributed by atoms with E-state index in [-0.39, 0.29) is 11.3 Å². The van der Waals surface area contributed by atoms with E-state index in [0.717, 1.165) is 17.0 Å². The Morgan fingerprint density at radius 3 is 2.27 bits per heavy atom. The van der Waals surface area contributed by atoms with E-state index in [2.05, 4.69) is 0 Å². The number of aliphatic hydroxyl groups is 1. The fourth-order valence-electron chi connectivity index (χ4n) is 3.03. The second kappa shape index (κ2) is 6.36. The van der Waals surface area contributed by atoms with Gasteiger partial charge in [-0.3, -0.25) is 14.5 Å². The molecule has 1 heterocycles. The normalized spacial score (nSPS) is 16.9. The van der Waals surface area contributed by atoms with Gasteiger partial charge in [0.1, 0.15) is 11.3 Å². The lowest BCUT2D eigenvalue weighted by Gasteiger charge is -2.27. The molecule has 0 saturated carbocycles. The maximum Gasteiger partial charge on any atom is 0.339 e. The van der Waals surface area contributed by atoms with Gasteiger partial charge in [0.2, 0.25) is 0 Å². The third kappa shape index (κ3) is 2.69. The highest BCUT2D eigenvalue weighted by Gasteiger charge is 2.43. The van der Waals surface area contributed by atoms with Crippen molar-refractivity contribution in [2.24, 2.45) is 0 Å². The minimum absolute atomic E-state index is 0.0637. The molecule has 2 aromatic rings. The lowest BCUT2D eigenvalue weighted by Crippen LogP contribution is -2.31. The number of aliphatic hydroxyl groups excluding tert-OH is 1. The smallest absolute Gasteiger partial charge is 0.339 e. The molecule has 1 atom stereocenters. The van der Waals surface area contributed by atoms with Gasteiger partial charge in [0.25, 0.3) is 5.91 Å². The number of phenols is 1. The number of hydrogen-bond acceptors (Lipinski definition) is 5. The zero-order chi connectivity index (χ0) is 19.0. The number of amides is 1. The predicted octanol–water partition coefficient (Wildman–Crippen LogP) is 2.58. The Balaban J connectivity index is 2.20. The summed E-state index contributed by atoms with van der Waals surface area (Å²) >= 11 is 0. The molecule has 3 rings (SSSR count). The first-order valence-corrected chi connectivity index (χ1v) is 7.71. The molecule has 0 fully saturated rings. The molecule has 7 heteroatoms. The van der Waals surface area contributed by atoms with Crippen molar-refractivity contribution in [3.63, 3.8) is 0 Å². The number of benzene rings is 2. The number of carbonyl (C=O) groups excluding carboxylic acids is 2. The van der Waals surface area contributed by atoms with E-state index in [1.165, 1.54) is 13.0 Å². The standard InChI is InChI=1S/C19H15NO6/c1-10(21)15-16(11-5-3-2-4-6-11)20(18(24)17(15)23)12-7-8-14(22)13(9-12)19(25)26/h2-9,16,22-23H,1H3,(H,25,26)/t16-/m1/s1. The van der Waals surface area contributed by atoms with Crippen LogP contribution in [0.4, 0.5) is 5.69 Å². The van der Waals surface area contributed by atoms with Crippen LogP contribution in [0.2, 0.25) is 0 Å². The topological polar surface area (TPSA) is 115 Å². The predicted molar refractivity (Wildman–Crippen MR) is 92.1 cm³/mol. The summed E-state index contributed by atoms with van der Waals surface area (Å²) in [5.41, 5.74) is 0.269. The van der Waals surface area contributed by atoms with Crippen molar-refractivity contribution >= 4 is 23.3 Å². The van der Waals surface area contributed by atoms with Gasteiger partial charge in [0, 0.05) is 5.69 Å². The largest absolute Gasteiger partial charge is 0.507 e. The average Bonchev–Trinajstić information content (AvgIpc) is 2.88. The SMILES string of the molecule is CC(=O)C1=C(O)C(=O)N(c2ccc(O)c(C(=O)O)c2)[C@@H]1c1ccccc1. The van der Waals surface area contributed by atoms with E-state index in [1.54, 1.807) is 30.3 Å². The molecule has 0 saturated heterocycles. The summed E-state index contributed by atoms with van der Waals surface area (Å²) in [7, 11) is 0. The Morgan fingerprint density at radius 2 is 1.69 bits per heavy atom. The van der Waals surface area contributed by atoms with Gasteiger partial charge in [0.05, 0.1) is 11.6 Å². The molecule has 0 spiro atoms. The molecule has 3 N–H and O–H groups in total. The zero-order valence-electron chi connectivity index (χ0n) is 13.7. The van der Waals surface area contributed by atoms with E-state index in [0.29, 0.717) is 5.56 Å². The molecule has 7 nitrogen and oxygen atoms in total. The van der Waals surface area contributed by atoms with Gasteiger partial charge in [-0.05, 0) is 30.7 Å². The third-order valence-corrected chi connectivity index (χ3v) is 4.19. The van der Waals surface area contributed by atoms with Crippen LogP contribution in [-0.2, 0) is 9.59 Å². The average molecular weight is 353 g/mol. The minimum Gasteiger partial charge on any atom is -0.507 e. The van der Waals surface area contributed by atoms with Crippen LogP contribution in [0.1, 0.15) is 28.9 Å². The number of hydrogen-bond donors (Lipinski definition) is 3. The minimum atomic E-state index is -1.36. The highest BCUT2D eigenvalue weighted by molar-refractivity contribution is 6.16. The van der Waals surface area contributed by atoms with Crippen LogP contribution in [0.15, 0.2) is 59.9 Å². The fraction of sp³-hybridized carbons (Fsp3) is 0.105. The first-order chi connectivity index (χ1) is 12.3. The van der Waals surface area contributed by atoms with Crippen molar-refractivity contribution in [1.82, 2.24) is 0 Å². The van der Waals surface area contributed by atoms with Gasteiger partial charge in [0.15, 0.2) is 11.5 Å². The second-order valence-corrected chi connectivity index (χ2v) is 5.81. The molecule has 2 aromatic carbocycles. The summed E-state index contributed by atoms with van der Waals surface area (Å²) < 4.78 is 0. The van der Waals surface area contributed by atoms with Gasteiger partial charge in [-0.1, -0.05) is 30.3 Å². The second-order valence-electron chi connectivity index (χ2n) is 5.81. The van der Waals surface area contributed by atoms with Gasteiger partial charge in [-0.25, -0.2) is 4.79 Å². The van der Waals surface area contributed by atoms with Crippen molar-refractivity contribution in [2.75, 3.05) is 4.90 Å². The molecule has 0 unspecified atom stereocenters. The van der Waals surface area contributed by atoms with Crippen LogP contribution in [-0.4, -0.2) is 33.0 Å². The van der Waals surface area contributed by atoms with E-state index >= 15 is 0 Å². The number of nitrogens with zero attached hydrogens (tertiary/aromatic N) is 1. The molecular weight excluding hydrogens is 338 g/mol. The molecule has 0 aliphatic carbocycles. The number of carboxylic acid groups (broad SMARTS) is 1. The van der Waals surface area contributed by atoms with Crippen LogP contribution in [0.3, 0.4) is 0 Å². The van der Waals surface area contributed by atoms with E-state index in [1.807, 2.05) is 0 Å². The van der Waals surface area contributed by atoms with Crippen molar-refractivity contribution in [1.29, 1.82) is 0 Å². The number of aromatic hydroxyl groups is 1. The molecule has 1 amide bonds. The number of aromatic carboxylic acids is 1. The molecule has 132 valence electrons. The molecule has 1 aliphatic heterocycles. The Bertz CT molecular complexity index is 948. The van der Waals surface area contributed by atoms with Gasteiger partial charge < -0.3 is 15.3 Å². The Kier molecular flexibility index (Phi) is 4.21. The summed E-state index contributed by atoms with van der Waals surface area (Å²) in [4.78, 5) is 37.1. The van der Waals surface area contributed by atoms with E-state index in [9.17, 15) is 29.7 Å². The van der Waals surface area contributed by atoms with Crippen LogP contribution in [0, 0.1) is 0 Å². The first-order valence-electron chi connectivity index (χ1n) is 7.71. The van der Waals surface area contributed by atoms with Crippen LogP contribution in [0.25, 0.3) is 0 Å². The summed E-state index contributed by atoms with van der Waals surface area (Å²) in [6.07, 6.45) is 0. The lowest BCUT2D eigenvalue weighted by atomic mass is 9.96. The molecular formula is C19H15NO6. The number of carboxylic acids is 1. The van der Waals surface area contributed by atoms with Gasteiger partial charge in [-0.15, -0.1) is 0 Å². The number of Topliss-reactive ketones (excluding diaryl/α,β-unsaturated/α-hetero) is 1. The molecule has 0 aromatic heterocycles. The van der Waals surface area contributed by atoms with Crippen molar-refractivity contribution in [3.05, 3.63) is 71.0 Å². The van der Waals surface area contributed by atoms with Gasteiger partial charge in [-0.2, -0.15) is 0 Å². The quantitative estimate of drug-likeness (QED) is 0.778. The van der Waals surface area contributed by atoms with Crippen LogP contribution < -0.4 is 4.90 Å². The van der Waals surface area contributed by atoms with Gasteiger partial charge >= 0.3 is 5.97 Å². The van der Waals surface area contributed by atoms with E-state index in [4.69, 9.17) is 0 Å². The number of rotatable bonds is 4. The summed E-state index contributed by atoms with van der Waals surface area (Å²) in [6, 6.07) is 11.4. The highest BCUT2D eigenvalue weighted by atomic mass is 16.4. The zero-order valence-corrected chi connectivity index (χ0v) is 13.7. The van der Waals surface area contributed by atoms with E-state index < -0.39 is 40.8 Å². The first kappa shape index (κ1) is 17.2. The Labute approximate surface area is 148 Å². The summed E-state index contributed by atoms with van der Waals surface area (Å²) in [6.45, 7) is 1.25. The maximum atomic E-state index is 12.6. The number of carbonyl (C=O) groups is 3. The van der Waals surface area contributed by atoms with Crippen molar-refractivity contribution in [2.45, 2.75) is 13.0 Å². The fourth-order valence-corrected chi connectivity index (χ4v) is 3.03. The Morgan fingerprint density at radius 1 is 1.04 bits per heavy atom. The maximum absolute atomic E-state index is 12.6. The molecule has 0 radical (unpaired) electrons. The lowest BCUT2D eigenvalue weighted by molar-refractivity contribution is -0.117. The highest BCUT2D eigenvalue weighted by Crippen LogP contribution is 2.41. The number of ketones is 1. The van der Waals surface area contributed by atoms with Crippen molar-refractivity contribution < 1.29 is 29.7 Å². The summed E-state index contributed by atoms with van der Waals surface area (Å²) in [5.74, 6) is -3.77.